The van der Waals surface area contributed by atoms with Gasteiger partial charge in [0.25, 0.3) is 0 Å². The van der Waals surface area contributed by atoms with Crippen molar-refractivity contribution in [3.05, 3.63) is 0 Å². The highest BCUT2D eigenvalue weighted by molar-refractivity contribution is 5.60. The van der Waals surface area contributed by atoms with Gasteiger partial charge >= 0.3 is 0 Å². The van der Waals surface area contributed by atoms with Gasteiger partial charge in [0.1, 0.15) is 0 Å². The highest BCUT2D eigenvalue weighted by Gasteiger charge is 2.40. The first-order chi connectivity index (χ1) is 9.12. The van der Waals surface area contributed by atoms with Crippen LogP contribution in [0.3, 0.4) is 0 Å². The Hall–Kier alpha value is -0.660. The molecule has 0 radical (unpaired) electrons. The van der Waals surface area contributed by atoms with Crippen LogP contribution >= 0.6 is 0 Å². The molecule has 1 fully saturated rings. The molecule has 0 bridgehead atoms. The summed E-state index contributed by atoms with van der Waals surface area (Å²) >= 11 is 0. The van der Waals surface area contributed by atoms with Gasteiger partial charge in [-0.05, 0) is 41.9 Å². The van der Waals surface area contributed by atoms with Crippen LogP contribution in [0, 0.1) is 22.7 Å². The molecule has 1 aliphatic carbocycles. The van der Waals surface area contributed by atoms with Gasteiger partial charge in [-0.15, -0.1) is 0 Å². The molecule has 2 unspecified atom stereocenters. The van der Waals surface area contributed by atoms with E-state index in [1.165, 1.54) is 19.3 Å². The van der Waals surface area contributed by atoms with Crippen LogP contribution in [0.15, 0.2) is 9.98 Å². The molecule has 2 heteroatoms. The topological polar surface area (TPSA) is 24.7 Å². The van der Waals surface area contributed by atoms with Gasteiger partial charge in [0.2, 0.25) is 0 Å². The molecule has 0 amide bonds. The fourth-order valence-corrected chi connectivity index (χ4v) is 3.58. The molecule has 1 saturated carbocycles. The van der Waals surface area contributed by atoms with Crippen LogP contribution < -0.4 is 0 Å². The third-order valence-corrected chi connectivity index (χ3v) is 3.89. The summed E-state index contributed by atoms with van der Waals surface area (Å²) in [7, 11) is 0. The van der Waals surface area contributed by atoms with E-state index in [2.05, 4.69) is 65.9 Å². The smallest absolute Gasteiger partial charge is 0.0506 e. The van der Waals surface area contributed by atoms with E-state index in [9.17, 15) is 0 Å². The molecular formula is C18H34N2. The lowest BCUT2D eigenvalue weighted by Crippen LogP contribution is -2.39. The van der Waals surface area contributed by atoms with Gasteiger partial charge in [-0.3, -0.25) is 9.98 Å². The zero-order chi connectivity index (χ0) is 15.4. The lowest BCUT2D eigenvalue weighted by Gasteiger charge is -2.45. The minimum absolute atomic E-state index is 0.298. The van der Waals surface area contributed by atoms with Crippen LogP contribution in [-0.4, -0.2) is 25.0 Å². The number of nitrogens with zero attached hydrogens (tertiary/aromatic N) is 2. The Morgan fingerprint density at radius 1 is 1.00 bits per heavy atom. The quantitative estimate of drug-likeness (QED) is 0.630. The van der Waals surface area contributed by atoms with Crippen LogP contribution in [0.1, 0.15) is 67.7 Å². The van der Waals surface area contributed by atoms with Gasteiger partial charge < -0.3 is 0 Å². The van der Waals surface area contributed by atoms with E-state index >= 15 is 0 Å². The van der Waals surface area contributed by atoms with Crippen molar-refractivity contribution in [2.75, 3.05) is 6.54 Å². The molecule has 2 atom stereocenters. The maximum atomic E-state index is 4.84. The van der Waals surface area contributed by atoms with Gasteiger partial charge in [-0.1, -0.05) is 48.5 Å². The lowest BCUT2D eigenvalue weighted by atomic mass is 9.63. The van der Waals surface area contributed by atoms with Crippen molar-refractivity contribution < 1.29 is 0 Å². The Labute approximate surface area is 126 Å². The van der Waals surface area contributed by atoms with Crippen LogP contribution in [0.2, 0.25) is 0 Å². The zero-order valence-corrected chi connectivity index (χ0v) is 14.6. The van der Waals surface area contributed by atoms with Crippen molar-refractivity contribution in [1.82, 2.24) is 0 Å². The Morgan fingerprint density at radius 2 is 1.60 bits per heavy atom. The van der Waals surface area contributed by atoms with E-state index in [1.807, 2.05) is 0 Å². The van der Waals surface area contributed by atoms with Gasteiger partial charge in [0.05, 0.1) is 6.04 Å². The van der Waals surface area contributed by atoms with Crippen molar-refractivity contribution >= 4 is 12.4 Å². The van der Waals surface area contributed by atoms with Gasteiger partial charge in [-0.25, -0.2) is 0 Å². The third-order valence-electron chi connectivity index (χ3n) is 3.89. The number of rotatable bonds is 5. The Bertz CT molecular complexity index is 352. The molecule has 0 saturated heterocycles. The van der Waals surface area contributed by atoms with Crippen LogP contribution in [0.25, 0.3) is 0 Å². The predicted molar refractivity (Wildman–Crippen MR) is 91.1 cm³/mol. The van der Waals surface area contributed by atoms with Crippen LogP contribution in [0.5, 0.6) is 0 Å². The van der Waals surface area contributed by atoms with Crippen molar-refractivity contribution in [2.24, 2.45) is 32.7 Å². The second kappa shape index (κ2) is 6.87. The molecule has 0 spiro atoms. The molecule has 0 heterocycles. The molecule has 0 aliphatic heterocycles. The van der Waals surface area contributed by atoms with Crippen LogP contribution in [-0.2, 0) is 0 Å². The third kappa shape index (κ3) is 6.19. The molecule has 20 heavy (non-hydrogen) atoms. The first-order valence-electron chi connectivity index (χ1n) is 8.15. The van der Waals surface area contributed by atoms with Crippen molar-refractivity contribution in [3.8, 4) is 0 Å². The van der Waals surface area contributed by atoms with Crippen molar-refractivity contribution in [2.45, 2.75) is 73.8 Å². The Morgan fingerprint density at radius 3 is 2.15 bits per heavy atom. The Kier molecular flexibility index (Phi) is 5.97. The average molecular weight is 278 g/mol. The summed E-state index contributed by atoms with van der Waals surface area (Å²) in [6.07, 6.45) is 7.86. The summed E-state index contributed by atoms with van der Waals surface area (Å²) < 4.78 is 0. The molecule has 1 aliphatic rings. The standard InChI is InChI=1S/C18H34N2/c1-14(2)10-19-13-18(7)9-16(20-11-15(3)4)8-17(5,6)12-18/h10-11,14-16H,8-9,12-13H2,1-7H3/b19-10+,20-11+. The predicted octanol–water partition coefficient (Wildman–Crippen LogP) is 5.03. The monoisotopic (exact) mass is 278 g/mol. The summed E-state index contributed by atoms with van der Waals surface area (Å²) in [5.41, 5.74) is 0.672. The summed E-state index contributed by atoms with van der Waals surface area (Å²) in [6.45, 7) is 16.9. The molecule has 0 aromatic rings. The fraction of sp³-hybridized carbons (Fsp3) is 0.889. The second-order valence-electron chi connectivity index (χ2n) is 8.49. The fourth-order valence-electron chi connectivity index (χ4n) is 3.58. The molecule has 2 nitrogen and oxygen atoms in total. The molecule has 0 aromatic carbocycles. The zero-order valence-electron chi connectivity index (χ0n) is 14.6. The summed E-state index contributed by atoms with van der Waals surface area (Å²) in [4.78, 5) is 9.52. The van der Waals surface area contributed by atoms with E-state index in [0.717, 1.165) is 6.54 Å². The molecule has 0 N–H and O–H groups in total. The summed E-state index contributed by atoms with van der Waals surface area (Å²) in [5.74, 6) is 1.09. The lowest BCUT2D eigenvalue weighted by molar-refractivity contribution is 0.0916. The SMILES string of the molecule is CC(C)/C=N/CC1(C)CC(/N=C/C(C)C)CC(C)(C)C1. The summed E-state index contributed by atoms with van der Waals surface area (Å²) in [5, 5.41) is 0. The highest BCUT2D eigenvalue weighted by Crippen LogP contribution is 2.47. The van der Waals surface area contributed by atoms with Gasteiger partial charge in [0.15, 0.2) is 0 Å². The van der Waals surface area contributed by atoms with E-state index in [-0.39, 0.29) is 0 Å². The normalized spacial score (nSPS) is 30.9. The highest BCUT2D eigenvalue weighted by atomic mass is 14.8. The van der Waals surface area contributed by atoms with Crippen molar-refractivity contribution in [1.29, 1.82) is 0 Å². The molecule has 116 valence electrons. The van der Waals surface area contributed by atoms with Crippen LogP contribution in [0.4, 0.5) is 0 Å². The molecule has 1 rings (SSSR count). The average Bonchev–Trinajstić information content (AvgIpc) is 2.22. The Balaban J connectivity index is 2.75. The largest absolute Gasteiger partial charge is 0.297 e. The number of hydrogen-bond acceptors (Lipinski definition) is 2. The van der Waals surface area contributed by atoms with Gasteiger partial charge in [0, 0.05) is 19.0 Å². The number of hydrogen-bond donors (Lipinski definition) is 0. The minimum atomic E-state index is 0.298. The van der Waals surface area contributed by atoms with E-state index in [4.69, 9.17) is 4.99 Å². The minimum Gasteiger partial charge on any atom is -0.297 e. The molecular weight excluding hydrogens is 244 g/mol. The van der Waals surface area contributed by atoms with E-state index in [0.29, 0.717) is 28.7 Å². The first-order valence-corrected chi connectivity index (χ1v) is 8.15. The number of aliphatic imine (C=N–C) groups is 2. The van der Waals surface area contributed by atoms with E-state index in [1.54, 1.807) is 0 Å². The maximum Gasteiger partial charge on any atom is 0.0506 e. The summed E-state index contributed by atoms with van der Waals surface area (Å²) in [6, 6.07) is 0.473. The van der Waals surface area contributed by atoms with Gasteiger partial charge in [-0.2, -0.15) is 0 Å². The van der Waals surface area contributed by atoms with Crippen molar-refractivity contribution in [3.63, 3.8) is 0 Å². The second-order valence-corrected chi connectivity index (χ2v) is 8.49. The maximum absolute atomic E-state index is 4.84. The van der Waals surface area contributed by atoms with E-state index < -0.39 is 0 Å². The molecule has 0 aromatic heterocycles. The first kappa shape index (κ1) is 17.4.